The van der Waals surface area contributed by atoms with Crippen molar-refractivity contribution in [1.82, 2.24) is 4.90 Å². The maximum absolute atomic E-state index is 12.9. The van der Waals surface area contributed by atoms with Crippen LogP contribution in [0.25, 0.3) is 6.08 Å². The molecule has 8 heteroatoms. The van der Waals surface area contributed by atoms with Crippen LogP contribution in [0.3, 0.4) is 0 Å². The number of imide groups is 1. The molecule has 1 fully saturated rings. The Hall–Kier alpha value is -3.23. The van der Waals surface area contributed by atoms with Crippen LogP contribution in [-0.2, 0) is 11.4 Å². The summed E-state index contributed by atoms with van der Waals surface area (Å²) in [5, 5.41) is -0.318. The normalized spacial score (nSPS) is 14.5. The van der Waals surface area contributed by atoms with E-state index in [0.717, 1.165) is 21.8 Å². The van der Waals surface area contributed by atoms with E-state index in [2.05, 4.69) is 15.9 Å². The first-order chi connectivity index (χ1) is 17.0. The number of ether oxygens (including phenoxy) is 3. The first-order valence-corrected chi connectivity index (χ1v) is 12.7. The third-order valence-electron chi connectivity index (χ3n) is 5.09. The molecule has 0 aromatic heterocycles. The van der Waals surface area contributed by atoms with Gasteiger partial charge in [0.25, 0.3) is 11.1 Å². The monoisotopic (exact) mass is 553 g/mol. The fraction of sp³-hybridized carbons (Fsp3) is 0.185. The highest BCUT2D eigenvalue weighted by Gasteiger charge is 2.35. The Morgan fingerprint density at radius 3 is 2.31 bits per heavy atom. The third-order valence-corrected chi connectivity index (χ3v) is 6.68. The van der Waals surface area contributed by atoms with Gasteiger partial charge in [-0.15, -0.1) is 0 Å². The molecule has 0 aliphatic carbocycles. The lowest BCUT2D eigenvalue weighted by molar-refractivity contribution is -0.123. The summed E-state index contributed by atoms with van der Waals surface area (Å²) in [5.74, 6) is 1.50. The number of thioether (sulfide) groups is 1. The molecule has 3 aromatic rings. The van der Waals surface area contributed by atoms with E-state index in [1.807, 2.05) is 73.7 Å². The molecular formula is C27H24BrNO5S. The molecule has 3 aromatic carbocycles. The third kappa shape index (κ3) is 6.46. The second-order valence-electron chi connectivity index (χ2n) is 7.52. The van der Waals surface area contributed by atoms with Crippen molar-refractivity contribution in [3.05, 3.63) is 93.3 Å². The molecule has 0 N–H and O–H groups in total. The van der Waals surface area contributed by atoms with Gasteiger partial charge >= 0.3 is 0 Å². The molecule has 0 radical (unpaired) electrons. The zero-order valence-corrected chi connectivity index (χ0v) is 21.5. The number of nitrogens with zero attached hydrogens (tertiary/aromatic N) is 1. The summed E-state index contributed by atoms with van der Waals surface area (Å²) in [5.41, 5.74) is 1.76. The van der Waals surface area contributed by atoms with Crippen molar-refractivity contribution >= 4 is 44.9 Å². The molecule has 0 saturated carbocycles. The molecule has 0 bridgehead atoms. The summed E-state index contributed by atoms with van der Waals surface area (Å²) >= 11 is 4.48. The second kappa shape index (κ2) is 12.0. The zero-order chi connectivity index (χ0) is 24.6. The number of amides is 2. The van der Waals surface area contributed by atoms with Crippen LogP contribution < -0.4 is 14.2 Å². The van der Waals surface area contributed by atoms with Crippen LogP contribution in [0.2, 0.25) is 0 Å². The molecule has 1 heterocycles. The van der Waals surface area contributed by atoms with Gasteiger partial charge in [0, 0.05) is 4.47 Å². The molecule has 6 nitrogen and oxygen atoms in total. The first-order valence-electron chi connectivity index (χ1n) is 11.1. The maximum Gasteiger partial charge on any atom is 0.293 e. The number of rotatable bonds is 10. The van der Waals surface area contributed by atoms with Gasteiger partial charge in [0.15, 0.2) is 11.5 Å². The Kier molecular flexibility index (Phi) is 8.50. The summed E-state index contributed by atoms with van der Waals surface area (Å²) in [6.07, 6.45) is 1.69. The van der Waals surface area contributed by atoms with Gasteiger partial charge < -0.3 is 14.2 Å². The van der Waals surface area contributed by atoms with Crippen LogP contribution in [-0.4, -0.2) is 35.8 Å². The molecule has 0 atom stereocenters. The quantitative estimate of drug-likeness (QED) is 0.265. The van der Waals surface area contributed by atoms with E-state index in [1.165, 1.54) is 4.90 Å². The summed E-state index contributed by atoms with van der Waals surface area (Å²) in [4.78, 5) is 26.9. The van der Waals surface area contributed by atoms with Crippen LogP contribution in [0.4, 0.5) is 4.79 Å². The number of para-hydroxylation sites is 1. The number of benzene rings is 3. The largest absolute Gasteiger partial charge is 0.492 e. The van der Waals surface area contributed by atoms with E-state index in [-0.39, 0.29) is 24.3 Å². The van der Waals surface area contributed by atoms with Crippen LogP contribution >= 0.6 is 27.7 Å². The molecule has 4 rings (SSSR count). The number of hydrogen-bond donors (Lipinski definition) is 0. The van der Waals surface area contributed by atoms with E-state index < -0.39 is 0 Å². The van der Waals surface area contributed by atoms with Gasteiger partial charge in [0.1, 0.15) is 19.0 Å². The lowest BCUT2D eigenvalue weighted by Gasteiger charge is -2.14. The SMILES string of the molecule is CCOc1cc(/C=C2\SC(=O)N(CCOc3ccccc3)C2=O)c(Br)cc1OCc1ccccc1. The van der Waals surface area contributed by atoms with Gasteiger partial charge in [-0.2, -0.15) is 0 Å². The predicted molar refractivity (Wildman–Crippen MR) is 141 cm³/mol. The second-order valence-corrected chi connectivity index (χ2v) is 9.37. The van der Waals surface area contributed by atoms with Gasteiger partial charge in [-0.3, -0.25) is 14.5 Å². The van der Waals surface area contributed by atoms with Crippen LogP contribution in [0.15, 0.2) is 82.2 Å². The smallest absolute Gasteiger partial charge is 0.293 e. The zero-order valence-electron chi connectivity index (χ0n) is 19.1. The Morgan fingerprint density at radius 1 is 0.914 bits per heavy atom. The van der Waals surface area contributed by atoms with Crippen molar-refractivity contribution < 1.29 is 23.8 Å². The molecule has 0 spiro atoms. The lowest BCUT2D eigenvalue weighted by Crippen LogP contribution is -2.32. The number of hydrogen-bond acceptors (Lipinski definition) is 6. The summed E-state index contributed by atoms with van der Waals surface area (Å²) in [6, 6.07) is 22.8. The van der Waals surface area contributed by atoms with Gasteiger partial charge in [0.05, 0.1) is 18.1 Å². The Bertz CT molecular complexity index is 1220. The van der Waals surface area contributed by atoms with E-state index in [9.17, 15) is 9.59 Å². The Labute approximate surface area is 217 Å². The van der Waals surface area contributed by atoms with Crippen molar-refractivity contribution in [1.29, 1.82) is 0 Å². The molecule has 2 amide bonds. The topological polar surface area (TPSA) is 65.1 Å². The van der Waals surface area contributed by atoms with Crippen LogP contribution in [0.5, 0.6) is 17.2 Å². The van der Waals surface area contributed by atoms with Crippen LogP contribution in [0.1, 0.15) is 18.1 Å². The van der Waals surface area contributed by atoms with E-state index in [0.29, 0.717) is 40.9 Å². The molecule has 1 saturated heterocycles. The average molecular weight is 554 g/mol. The summed E-state index contributed by atoms with van der Waals surface area (Å²) in [6.45, 7) is 3.15. The highest BCUT2D eigenvalue weighted by atomic mass is 79.9. The molecule has 1 aliphatic rings. The minimum absolute atomic E-state index is 0.175. The molecule has 0 unspecified atom stereocenters. The fourth-order valence-corrected chi connectivity index (χ4v) is 4.68. The maximum atomic E-state index is 12.9. The van der Waals surface area contributed by atoms with E-state index in [1.54, 1.807) is 12.1 Å². The van der Waals surface area contributed by atoms with Crippen molar-refractivity contribution in [2.24, 2.45) is 0 Å². The molecule has 180 valence electrons. The van der Waals surface area contributed by atoms with Gasteiger partial charge in [-0.1, -0.05) is 64.5 Å². The predicted octanol–water partition coefficient (Wildman–Crippen LogP) is 6.54. The minimum Gasteiger partial charge on any atom is -0.492 e. The Balaban J connectivity index is 1.47. The standard InChI is InChI=1S/C27H24BrNO5S/c1-2-32-23-15-20(22(28)17-24(23)34-18-19-9-5-3-6-10-19)16-25-26(30)29(27(31)35-25)13-14-33-21-11-7-4-8-12-21/h3-12,15-17H,2,13-14,18H2,1H3/b25-16-. The van der Waals surface area contributed by atoms with Crippen molar-refractivity contribution in [2.75, 3.05) is 19.8 Å². The van der Waals surface area contributed by atoms with Crippen molar-refractivity contribution in [2.45, 2.75) is 13.5 Å². The molecule has 35 heavy (non-hydrogen) atoms. The fourth-order valence-electron chi connectivity index (χ4n) is 3.38. The number of carbonyl (C=O) groups is 2. The first kappa shape index (κ1) is 24.9. The lowest BCUT2D eigenvalue weighted by atomic mass is 10.1. The van der Waals surface area contributed by atoms with Gasteiger partial charge in [0.2, 0.25) is 0 Å². The molecular weight excluding hydrogens is 530 g/mol. The van der Waals surface area contributed by atoms with E-state index >= 15 is 0 Å². The summed E-state index contributed by atoms with van der Waals surface area (Å²) < 4.78 is 18.1. The number of carbonyl (C=O) groups excluding carboxylic acids is 2. The summed E-state index contributed by atoms with van der Waals surface area (Å²) in [7, 11) is 0. The van der Waals surface area contributed by atoms with Gasteiger partial charge in [-0.05, 0) is 60.2 Å². The van der Waals surface area contributed by atoms with Crippen LogP contribution in [0, 0.1) is 0 Å². The highest BCUT2D eigenvalue weighted by Crippen LogP contribution is 2.38. The molecule has 1 aliphatic heterocycles. The highest BCUT2D eigenvalue weighted by molar-refractivity contribution is 9.10. The van der Waals surface area contributed by atoms with E-state index in [4.69, 9.17) is 14.2 Å². The minimum atomic E-state index is -0.342. The van der Waals surface area contributed by atoms with Crippen molar-refractivity contribution in [3.8, 4) is 17.2 Å². The van der Waals surface area contributed by atoms with Gasteiger partial charge in [-0.25, -0.2) is 0 Å². The number of halogens is 1. The Morgan fingerprint density at radius 2 is 1.60 bits per heavy atom. The average Bonchev–Trinajstić information content (AvgIpc) is 3.13. The van der Waals surface area contributed by atoms with Crippen molar-refractivity contribution in [3.63, 3.8) is 0 Å².